The number of hydrogen-bond donors (Lipinski definition) is 7. The van der Waals surface area contributed by atoms with E-state index in [4.69, 9.17) is 78.9 Å². The number of halogens is 4. The van der Waals surface area contributed by atoms with E-state index < -0.39 is 86.2 Å². The zero-order chi connectivity index (χ0) is 60.1. The molecule has 2 aliphatic heterocycles. The molecule has 0 bridgehead atoms. The predicted molar refractivity (Wildman–Crippen MR) is 288 cm³/mol. The number of nitrogens with zero attached hydrogens (tertiary/aromatic N) is 6. The van der Waals surface area contributed by atoms with Gasteiger partial charge in [-0.2, -0.15) is 9.97 Å². The molecule has 466 valence electrons. The smallest absolute Gasteiger partial charge is 0.350 e. The monoisotopic (exact) mass is 1240 g/mol. The van der Waals surface area contributed by atoms with Gasteiger partial charge in [-0.3, -0.25) is 14.2 Å². The number of amides is 1. The molecule has 1 amide bonds. The number of nitrogens with one attached hydrogen (secondary N) is 3. The molecule has 2 aliphatic rings. The van der Waals surface area contributed by atoms with Crippen molar-refractivity contribution < 1.29 is 104 Å². The Kier molecular flexibility index (Phi) is 29.5. The minimum atomic E-state index is -4.47. The SMILES string of the molecule is N=Cc1c(N[C@@H]2O[C@H](COCP(=O)(O)O)[C@@H](O)[C@H]2O)nc(Cl)nc1N1CC(C(=O)N[C@@H](COCCOCCOCCOCCOCc2cn(CCOCCOCCOCCOCCC(=O)Oc3c(F)cc(F)cc3F)nn2)c2ccccc2)C1. The number of ether oxygens (including phenoxy) is 12. The summed E-state index contributed by atoms with van der Waals surface area (Å²) < 4.78 is 118. The normalized spacial score (nSPS) is 17.5. The lowest BCUT2D eigenvalue weighted by Crippen LogP contribution is -2.55. The third-order valence-electron chi connectivity index (χ3n) is 12.1. The van der Waals surface area contributed by atoms with Crippen molar-refractivity contribution in [3.8, 4) is 5.75 Å². The van der Waals surface area contributed by atoms with E-state index >= 15 is 0 Å². The highest BCUT2D eigenvalue weighted by atomic mass is 35.5. The van der Waals surface area contributed by atoms with Crippen molar-refractivity contribution >= 4 is 48.9 Å². The van der Waals surface area contributed by atoms with Crippen LogP contribution >= 0.6 is 19.2 Å². The number of anilines is 2. The lowest BCUT2D eigenvalue weighted by Gasteiger charge is -2.40. The largest absolute Gasteiger partial charge is 0.420 e. The van der Waals surface area contributed by atoms with Crippen molar-refractivity contribution in [1.82, 2.24) is 30.3 Å². The van der Waals surface area contributed by atoms with Crippen LogP contribution in [0.2, 0.25) is 5.28 Å². The molecule has 2 aromatic heterocycles. The van der Waals surface area contributed by atoms with Gasteiger partial charge in [0.25, 0.3) is 0 Å². The van der Waals surface area contributed by atoms with E-state index in [1.807, 2.05) is 30.3 Å². The first-order chi connectivity index (χ1) is 40.6. The average molecular weight is 1240 g/mol. The summed E-state index contributed by atoms with van der Waals surface area (Å²) in [6, 6.07) is 9.73. The van der Waals surface area contributed by atoms with Crippen LogP contribution in [0.4, 0.5) is 24.8 Å². The molecule has 4 heterocycles. The zero-order valence-corrected chi connectivity index (χ0v) is 47.3. The Hall–Kier alpha value is -5.42. The third-order valence-corrected chi connectivity index (χ3v) is 12.8. The number of carbonyl (C=O) groups excluding carboxylic acids is 2. The topological polar surface area (TPSA) is 351 Å². The summed E-state index contributed by atoms with van der Waals surface area (Å²) in [5.41, 5.74) is 1.67. The van der Waals surface area contributed by atoms with E-state index in [9.17, 15) is 37.5 Å². The average Bonchev–Trinajstić information content (AvgIpc) is 4.17. The first-order valence-electron chi connectivity index (χ1n) is 26.6. The number of aliphatic hydroxyl groups is 2. The van der Waals surface area contributed by atoms with Crippen molar-refractivity contribution in [2.45, 2.75) is 50.2 Å². The standard InChI is InChI=1S/C51H70ClF3N9O19P/c52-51-59-47(58-50-45(67)44(66)42(82-50)32-81-33-84(69,70)71)38(26-56)48(60-51)63-27-35(28-63)49(68)57-41(34-4-2-1-3-5-34)31-80-23-21-78-19-17-76-16-18-77-20-22-79-30-37-29-64(62-61-37)7-9-73-11-13-75-15-14-74-12-10-72-8-6-43(65)83-46-39(54)24-36(53)25-40(46)55/h1-5,24-26,29,35,41-42,44-45,50,56,66-67H,6-23,27-28,30-33H2,(H,57,68)(H,58,59,60)(H2,69,70,71)/t41-,42+,44+,45+,50+/m0/s1. The van der Waals surface area contributed by atoms with Gasteiger partial charge in [0, 0.05) is 31.4 Å². The molecule has 4 aromatic rings. The Morgan fingerprint density at radius 2 is 1.36 bits per heavy atom. The molecule has 2 saturated heterocycles. The number of benzene rings is 2. The van der Waals surface area contributed by atoms with Gasteiger partial charge >= 0.3 is 13.6 Å². The highest BCUT2D eigenvalue weighted by Gasteiger charge is 2.44. The Morgan fingerprint density at radius 3 is 1.95 bits per heavy atom. The lowest BCUT2D eigenvalue weighted by atomic mass is 9.97. The molecule has 28 nitrogen and oxygen atoms in total. The molecule has 0 unspecified atom stereocenters. The Balaban J connectivity index is 0.725. The van der Waals surface area contributed by atoms with E-state index in [1.54, 1.807) is 15.8 Å². The van der Waals surface area contributed by atoms with E-state index in [-0.39, 0.29) is 87.5 Å². The van der Waals surface area contributed by atoms with Crippen LogP contribution in [0.5, 0.6) is 5.75 Å². The first-order valence-corrected chi connectivity index (χ1v) is 28.8. The van der Waals surface area contributed by atoms with Gasteiger partial charge in [-0.15, -0.1) is 5.10 Å². The molecule has 7 N–H and O–H groups in total. The first kappa shape index (κ1) is 67.7. The summed E-state index contributed by atoms with van der Waals surface area (Å²) in [6.45, 7) is 5.72. The number of carbonyl (C=O) groups is 2. The second-order valence-corrected chi connectivity index (χ2v) is 20.4. The molecule has 0 saturated carbocycles. The van der Waals surface area contributed by atoms with Crippen molar-refractivity contribution in [2.75, 3.05) is 149 Å². The molecule has 5 atom stereocenters. The van der Waals surface area contributed by atoms with Crippen LogP contribution in [-0.4, -0.2) is 226 Å². The van der Waals surface area contributed by atoms with Crippen molar-refractivity contribution in [3.05, 3.63) is 88.2 Å². The van der Waals surface area contributed by atoms with Crippen LogP contribution in [0.25, 0.3) is 0 Å². The van der Waals surface area contributed by atoms with E-state index in [0.29, 0.717) is 104 Å². The number of rotatable bonds is 43. The molecular formula is C51H70ClF3N9O19P. The number of hydrogen-bond acceptors (Lipinski definition) is 24. The van der Waals surface area contributed by atoms with Crippen molar-refractivity contribution in [2.24, 2.45) is 5.92 Å². The maximum atomic E-state index is 13.6. The van der Waals surface area contributed by atoms with Crippen LogP contribution < -0.4 is 20.3 Å². The maximum absolute atomic E-state index is 13.6. The van der Waals surface area contributed by atoms with Gasteiger partial charge < -0.3 is 97.8 Å². The molecule has 2 fully saturated rings. The highest BCUT2D eigenvalue weighted by molar-refractivity contribution is 7.51. The van der Waals surface area contributed by atoms with Gasteiger partial charge in [0.05, 0.1) is 162 Å². The molecule has 0 radical (unpaired) electrons. The fraction of sp³-hybridized carbons (Fsp3) is 0.588. The Bertz CT molecular complexity index is 2650. The van der Waals surface area contributed by atoms with Crippen LogP contribution in [0.3, 0.4) is 0 Å². The van der Waals surface area contributed by atoms with Crippen molar-refractivity contribution in [1.29, 1.82) is 5.41 Å². The summed E-state index contributed by atoms with van der Waals surface area (Å²) in [5.74, 6) is -6.09. The zero-order valence-electron chi connectivity index (χ0n) is 45.7. The molecule has 33 heteroatoms. The second-order valence-electron chi connectivity index (χ2n) is 18.5. The molecule has 0 spiro atoms. The maximum Gasteiger partial charge on any atom is 0.350 e. The van der Waals surface area contributed by atoms with E-state index in [0.717, 1.165) is 11.8 Å². The van der Waals surface area contributed by atoms with Gasteiger partial charge in [-0.25, -0.2) is 17.9 Å². The predicted octanol–water partition coefficient (Wildman–Crippen LogP) is 1.79. The van der Waals surface area contributed by atoms with Crippen LogP contribution in [0.15, 0.2) is 48.7 Å². The van der Waals surface area contributed by atoms with E-state index in [2.05, 4.69) is 35.7 Å². The number of esters is 1. The summed E-state index contributed by atoms with van der Waals surface area (Å²) in [5, 5.41) is 43.1. The summed E-state index contributed by atoms with van der Waals surface area (Å²) in [4.78, 5) is 53.6. The van der Waals surface area contributed by atoms with Crippen LogP contribution in [0.1, 0.15) is 29.3 Å². The van der Waals surface area contributed by atoms with Gasteiger partial charge in [-0.1, -0.05) is 35.5 Å². The Morgan fingerprint density at radius 1 is 0.786 bits per heavy atom. The molecule has 6 rings (SSSR count). The van der Waals surface area contributed by atoms with Gasteiger partial charge in [-0.05, 0) is 17.2 Å². The highest BCUT2D eigenvalue weighted by Crippen LogP contribution is 2.35. The van der Waals surface area contributed by atoms with Gasteiger partial charge in [0.15, 0.2) is 17.9 Å². The summed E-state index contributed by atoms with van der Waals surface area (Å²) >= 11 is 6.27. The quantitative estimate of drug-likeness (QED) is 0.00829. The minimum Gasteiger partial charge on any atom is -0.420 e. The molecular weight excluding hydrogens is 1170 g/mol. The second kappa shape index (κ2) is 36.5. The molecule has 2 aromatic carbocycles. The van der Waals surface area contributed by atoms with Crippen LogP contribution in [-0.2, 0) is 79.4 Å². The summed E-state index contributed by atoms with van der Waals surface area (Å²) in [6.07, 6.45) is -3.82. The van der Waals surface area contributed by atoms with Gasteiger partial charge in [0.2, 0.25) is 16.9 Å². The number of aromatic nitrogens is 5. The van der Waals surface area contributed by atoms with Gasteiger partial charge in [0.1, 0.15) is 47.8 Å². The van der Waals surface area contributed by atoms with E-state index in [1.165, 1.54) is 0 Å². The fourth-order valence-corrected chi connectivity index (χ4v) is 8.40. The molecule has 0 aliphatic carbocycles. The number of aliphatic hydroxyl groups excluding tert-OH is 2. The lowest BCUT2D eigenvalue weighted by molar-refractivity contribution is -0.136. The summed E-state index contributed by atoms with van der Waals surface area (Å²) in [7, 11) is -4.47. The fourth-order valence-electron chi connectivity index (χ4n) is 7.89. The minimum absolute atomic E-state index is 0.00337. The van der Waals surface area contributed by atoms with Crippen LogP contribution in [0, 0.1) is 28.8 Å². The van der Waals surface area contributed by atoms with Crippen molar-refractivity contribution in [3.63, 3.8) is 0 Å². The Labute approximate surface area is 486 Å². The third kappa shape index (κ3) is 23.8. The molecule has 84 heavy (non-hydrogen) atoms.